The molecule has 1 rings (SSSR count). The first-order chi connectivity index (χ1) is 8.49. The molecule has 8 heteroatoms. The molecule has 0 unspecified atom stereocenters. The third-order valence-electron chi connectivity index (χ3n) is 2.90. The molecule has 1 saturated heterocycles. The van der Waals surface area contributed by atoms with Gasteiger partial charge in [0.2, 0.25) is 10.0 Å². The van der Waals surface area contributed by atoms with Gasteiger partial charge in [0.15, 0.2) is 5.96 Å². The molecule has 0 radical (unpaired) electrons. The Hall–Kier alpha value is -0.0900. The molecule has 1 fully saturated rings. The summed E-state index contributed by atoms with van der Waals surface area (Å²) < 4.78 is 24.7. The second-order valence-corrected chi connectivity index (χ2v) is 6.35. The summed E-state index contributed by atoms with van der Waals surface area (Å²) in [5.74, 6) is 0.750. The number of hydrogen-bond donors (Lipinski definition) is 2. The first kappa shape index (κ1) is 18.9. The maximum absolute atomic E-state index is 11.6. The van der Waals surface area contributed by atoms with Crippen molar-refractivity contribution in [3.05, 3.63) is 0 Å². The highest BCUT2D eigenvalue weighted by molar-refractivity contribution is 14.0. The summed E-state index contributed by atoms with van der Waals surface area (Å²) in [7, 11) is -3.10. The van der Waals surface area contributed by atoms with Gasteiger partial charge in [-0.05, 0) is 26.7 Å². The minimum atomic E-state index is -3.10. The van der Waals surface area contributed by atoms with Gasteiger partial charge in [-0.15, -0.1) is 24.0 Å². The van der Waals surface area contributed by atoms with E-state index in [0.717, 1.165) is 31.9 Å². The highest BCUT2D eigenvalue weighted by Gasteiger charge is 2.30. The van der Waals surface area contributed by atoms with E-state index in [1.807, 2.05) is 13.8 Å². The van der Waals surface area contributed by atoms with Crippen LogP contribution in [0.5, 0.6) is 0 Å². The zero-order chi connectivity index (χ0) is 13.6. The number of sulfonamides is 1. The van der Waals surface area contributed by atoms with E-state index in [1.165, 1.54) is 6.26 Å². The molecule has 0 amide bonds. The average Bonchev–Trinajstić information content (AvgIpc) is 2.74. The van der Waals surface area contributed by atoms with E-state index >= 15 is 0 Å². The van der Waals surface area contributed by atoms with Crippen molar-refractivity contribution in [2.75, 3.05) is 32.4 Å². The molecule has 114 valence electrons. The Labute approximate surface area is 133 Å². The van der Waals surface area contributed by atoms with E-state index in [2.05, 4.69) is 15.6 Å². The highest BCUT2D eigenvalue weighted by atomic mass is 127. The Balaban J connectivity index is 0.00000324. The Morgan fingerprint density at radius 3 is 2.37 bits per heavy atom. The zero-order valence-electron chi connectivity index (χ0n) is 11.8. The predicted octanol–water partition coefficient (Wildman–Crippen LogP) is 0.603. The standard InChI is InChI=1S/C11H24N4O2S.HI/c1-4-12-11(13-5-2)14-9-10-7-6-8-15(10)18(3,16)17;/h10H,4-9H2,1-3H3,(H2,12,13,14);1H/t10-;/m1./s1. The molecule has 0 bridgehead atoms. The van der Waals surface area contributed by atoms with Crippen LogP contribution in [0.3, 0.4) is 0 Å². The molecule has 1 aliphatic heterocycles. The lowest BCUT2D eigenvalue weighted by atomic mass is 10.2. The molecule has 0 saturated carbocycles. The van der Waals surface area contributed by atoms with Crippen LogP contribution >= 0.6 is 24.0 Å². The van der Waals surface area contributed by atoms with Gasteiger partial charge in [0.25, 0.3) is 0 Å². The minimum absolute atomic E-state index is 0. The Morgan fingerprint density at radius 1 is 1.32 bits per heavy atom. The lowest BCUT2D eigenvalue weighted by Gasteiger charge is -2.21. The molecule has 19 heavy (non-hydrogen) atoms. The zero-order valence-corrected chi connectivity index (χ0v) is 15.0. The molecular formula is C11H25IN4O2S. The lowest BCUT2D eigenvalue weighted by Crippen LogP contribution is -2.40. The van der Waals surface area contributed by atoms with Crippen LogP contribution in [0.4, 0.5) is 0 Å². The Kier molecular flexibility index (Phi) is 8.92. The van der Waals surface area contributed by atoms with E-state index in [9.17, 15) is 8.42 Å². The van der Waals surface area contributed by atoms with Crippen molar-refractivity contribution < 1.29 is 8.42 Å². The normalized spacial score (nSPS) is 19.6. The van der Waals surface area contributed by atoms with Gasteiger partial charge in [0, 0.05) is 25.7 Å². The van der Waals surface area contributed by atoms with Gasteiger partial charge in [0.05, 0.1) is 12.8 Å². The molecule has 0 spiro atoms. The van der Waals surface area contributed by atoms with E-state index in [0.29, 0.717) is 13.1 Å². The summed E-state index contributed by atoms with van der Waals surface area (Å²) in [6.07, 6.45) is 3.08. The average molecular weight is 404 g/mol. The predicted molar refractivity (Wildman–Crippen MR) is 89.6 cm³/mol. The molecule has 6 nitrogen and oxygen atoms in total. The van der Waals surface area contributed by atoms with Crippen LogP contribution in [0.15, 0.2) is 4.99 Å². The fourth-order valence-corrected chi connectivity index (χ4v) is 3.31. The maximum Gasteiger partial charge on any atom is 0.211 e. The number of nitrogens with one attached hydrogen (secondary N) is 2. The molecular weight excluding hydrogens is 379 g/mol. The molecule has 1 aliphatic rings. The number of aliphatic imine (C=N–C) groups is 1. The van der Waals surface area contributed by atoms with Crippen LogP contribution in [0.1, 0.15) is 26.7 Å². The van der Waals surface area contributed by atoms with Gasteiger partial charge in [0.1, 0.15) is 0 Å². The van der Waals surface area contributed by atoms with Crippen LogP contribution in [0, 0.1) is 0 Å². The summed E-state index contributed by atoms with van der Waals surface area (Å²) in [5.41, 5.74) is 0. The molecule has 0 aromatic rings. The number of halogens is 1. The number of nitrogens with zero attached hydrogens (tertiary/aromatic N) is 2. The van der Waals surface area contributed by atoms with Crippen LogP contribution in [-0.4, -0.2) is 57.2 Å². The summed E-state index contributed by atoms with van der Waals surface area (Å²) in [6.45, 7) is 6.74. The van der Waals surface area contributed by atoms with Crippen molar-refractivity contribution in [1.29, 1.82) is 0 Å². The quantitative estimate of drug-likeness (QED) is 0.400. The topological polar surface area (TPSA) is 73.8 Å². The van der Waals surface area contributed by atoms with Crippen molar-refractivity contribution in [2.45, 2.75) is 32.7 Å². The van der Waals surface area contributed by atoms with E-state index < -0.39 is 10.0 Å². The van der Waals surface area contributed by atoms with Gasteiger partial charge in [-0.3, -0.25) is 4.99 Å². The van der Waals surface area contributed by atoms with E-state index in [1.54, 1.807) is 4.31 Å². The summed E-state index contributed by atoms with van der Waals surface area (Å²) in [5, 5.41) is 6.26. The van der Waals surface area contributed by atoms with Crippen LogP contribution < -0.4 is 10.6 Å². The summed E-state index contributed by atoms with van der Waals surface area (Å²) >= 11 is 0. The molecule has 0 aromatic heterocycles. The third kappa shape index (κ3) is 6.26. The van der Waals surface area contributed by atoms with Crippen molar-refractivity contribution in [2.24, 2.45) is 4.99 Å². The molecule has 1 heterocycles. The third-order valence-corrected chi connectivity index (χ3v) is 4.23. The van der Waals surface area contributed by atoms with Gasteiger partial charge < -0.3 is 10.6 Å². The SMILES string of the molecule is CCNC(=NC[C@H]1CCCN1S(C)(=O)=O)NCC.I. The monoisotopic (exact) mass is 404 g/mol. The van der Waals surface area contributed by atoms with Gasteiger partial charge in [-0.2, -0.15) is 4.31 Å². The Bertz CT molecular complexity index is 378. The highest BCUT2D eigenvalue weighted by Crippen LogP contribution is 2.20. The summed E-state index contributed by atoms with van der Waals surface area (Å²) in [6, 6.07) is 0.00677. The van der Waals surface area contributed by atoms with Gasteiger partial charge >= 0.3 is 0 Å². The minimum Gasteiger partial charge on any atom is -0.357 e. The number of rotatable bonds is 5. The number of hydrogen-bond acceptors (Lipinski definition) is 3. The van der Waals surface area contributed by atoms with Gasteiger partial charge in [-0.25, -0.2) is 8.42 Å². The van der Waals surface area contributed by atoms with Crippen molar-refractivity contribution in [3.63, 3.8) is 0 Å². The van der Waals surface area contributed by atoms with E-state index in [-0.39, 0.29) is 30.0 Å². The fraction of sp³-hybridized carbons (Fsp3) is 0.909. The van der Waals surface area contributed by atoms with Crippen LogP contribution in [-0.2, 0) is 10.0 Å². The maximum atomic E-state index is 11.6. The largest absolute Gasteiger partial charge is 0.357 e. The second-order valence-electron chi connectivity index (χ2n) is 4.42. The first-order valence-electron chi connectivity index (χ1n) is 6.48. The van der Waals surface area contributed by atoms with Crippen LogP contribution in [0.2, 0.25) is 0 Å². The molecule has 0 aromatic carbocycles. The van der Waals surface area contributed by atoms with Crippen molar-refractivity contribution in [1.82, 2.24) is 14.9 Å². The fourth-order valence-electron chi connectivity index (χ4n) is 2.13. The first-order valence-corrected chi connectivity index (χ1v) is 8.32. The van der Waals surface area contributed by atoms with Crippen molar-refractivity contribution in [3.8, 4) is 0 Å². The van der Waals surface area contributed by atoms with Crippen LogP contribution in [0.25, 0.3) is 0 Å². The van der Waals surface area contributed by atoms with Crippen molar-refractivity contribution >= 4 is 40.0 Å². The van der Waals surface area contributed by atoms with Gasteiger partial charge in [-0.1, -0.05) is 0 Å². The summed E-state index contributed by atoms with van der Waals surface area (Å²) in [4.78, 5) is 4.44. The molecule has 0 aliphatic carbocycles. The second kappa shape index (κ2) is 8.96. The van der Waals surface area contributed by atoms with E-state index in [4.69, 9.17) is 0 Å². The molecule has 2 N–H and O–H groups in total. The number of guanidine groups is 1. The lowest BCUT2D eigenvalue weighted by molar-refractivity contribution is 0.396. The molecule has 1 atom stereocenters. The Morgan fingerprint density at radius 2 is 1.89 bits per heavy atom. The smallest absolute Gasteiger partial charge is 0.211 e.